The summed E-state index contributed by atoms with van der Waals surface area (Å²) in [6, 6.07) is 5.82. The summed E-state index contributed by atoms with van der Waals surface area (Å²) < 4.78 is 13.5. The minimum atomic E-state index is -0.848. The number of amides is 2. The molecule has 0 atom stereocenters. The van der Waals surface area contributed by atoms with Crippen LogP contribution in [0.1, 0.15) is 53.4 Å². The van der Waals surface area contributed by atoms with Crippen LogP contribution in [0.15, 0.2) is 18.2 Å². The number of carbonyl (C=O) groups is 2. The molecule has 2 amide bonds. The van der Waals surface area contributed by atoms with Crippen LogP contribution in [-0.4, -0.2) is 40.4 Å². The number of piperidine rings is 1. The van der Waals surface area contributed by atoms with E-state index in [1.807, 2.05) is 0 Å². The lowest BCUT2D eigenvalue weighted by Crippen LogP contribution is -2.64. The van der Waals surface area contributed by atoms with Gasteiger partial charge < -0.3 is 10.6 Å². The fourth-order valence-corrected chi connectivity index (χ4v) is 4.47. The van der Waals surface area contributed by atoms with Gasteiger partial charge in [0.05, 0.1) is 11.1 Å². The summed E-state index contributed by atoms with van der Waals surface area (Å²) in [7, 11) is 0. The van der Waals surface area contributed by atoms with Gasteiger partial charge in [0.15, 0.2) is 0 Å². The maximum atomic E-state index is 13.5. The first-order chi connectivity index (χ1) is 13.5. The van der Waals surface area contributed by atoms with Crippen LogP contribution in [0.3, 0.4) is 0 Å². The largest absolute Gasteiger partial charge is 0.345 e. The van der Waals surface area contributed by atoms with E-state index in [4.69, 9.17) is 16.9 Å². The highest BCUT2D eigenvalue weighted by atomic mass is 35.5. The second kappa shape index (κ2) is 9.10. The summed E-state index contributed by atoms with van der Waals surface area (Å²) in [5.74, 6) is -2.27. The predicted molar refractivity (Wildman–Crippen MR) is 111 cm³/mol. The number of halogens is 2. The van der Waals surface area contributed by atoms with Gasteiger partial charge >= 0.3 is 11.8 Å². The minimum absolute atomic E-state index is 0.0570. The molecule has 158 valence electrons. The van der Waals surface area contributed by atoms with E-state index in [0.717, 1.165) is 19.0 Å². The van der Waals surface area contributed by atoms with Gasteiger partial charge in [-0.15, -0.1) is 0 Å². The second-order valence-corrected chi connectivity index (χ2v) is 9.11. The fraction of sp³-hybridized carbons (Fsp3) is 0.571. The number of nitrogens with one attached hydrogen (secondary N) is 2. The van der Waals surface area contributed by atoms with Crippen molar-refractivity contribution in [3.05, 3.63) is 29.0 Å². The molecule has 0 aliphatic carbocycles. The molecule has 1 heterocycles. The number of hydrogen-bond acceptors (Lipinski definition) is 4. The van der Waals surface area contributed by atoms with Gasteiger partial charge in [-0.3, -0.25) is 14.5 Å². The standard InChI is InChI=1S/C21H28ClFN4O2/c1-20(2)12-15(13-21(3,4)27(20)10-6-5-9-24)26-19(29)18(28)25-14-7-8-16(22)17(23)11-14/h7-8,11,15H,5-6,10,12-13H2,1-4H3,(H,25,28)(H,26,29). The van der Waals surface area contributed by atoms with Crippen molar-refractivity contribution in [2.75, 3.05) is 11.9 Å². The third-order valence-electron chi connectivity index (χ3n) is 5.34. The van der Waals surface area contributed by atoms with Crippen LogP contribution in [0, 0.1) is 17.1 Å². The van der Waals surface area contributed by atoms with E-state index in [0.29, 0.717) is 19.3 Å². The number of carbonyl (C=O) groups excluding carboxylic acids is 2. The lowest BCUT2D eigenvalue weighted by molar-refractivity contribution is -0.137. The zero-order valence-corrected chi connectivity index (χ0v) is 18.1. The maximum absolute atomic E-state index is 13.5. The number of anilines is 1. The molecule has 0 bridgehead atoms. The van der Waals surface area contributed by atoms with Crippen molar-refractivity contribution in [3.63, 3.8) is 0 Å². The molecule has 0 saturated carbocycles. The summed E-state index contributed by atoms with van der Waals surface area (Å²) in [5.41, 5.74) is -0.240. The molecule has 1 aromatic rings. The van der Waals surface area contributed by atoms with Gasteiger partial charge in [0, 0.05) is 35.8 Å². The van der Waals surface area contributed by atoms with Crippen molar-refractivity contribution in [3.8, 4) is 6.07 Å². The first-order valence-corrected chi connectivity index (χ1v) is 10.1. The van der Waals surface area contributed by atoms with Crippen LogP contribution in [0.5, 0.6) is 0 Å². The Morgan fingerprint density at radius 1 is 1.24 bits per heavy atom. The van der Waals surface area contributed by atoms with Crippen LogP contribution in [0.2, 0.25) is 5.02 Å². The number of rotatable bonds is 5. The Morgan fingerprint density at radius 3 is 2.41 bits per heavy atom. The molecule has 1 aliphatic heterocycles. The smallest absolute Gasteiger partial charge is 0.313 e. The Bertz CT molecular complexity index is 801. The van der Waals surface area contributed by atoms with Gasteiger partial charge in [-0.1, -0.05) is 11.6 Å². The van der Waals surface area contributed by atoms with E-state index in [1.165, 1.54) is 12.1 Å². The number of hydrogen-bond donors (Lipinski definition) is 2. The molecule has 1 saturated heterocycles. The minimum Gasteiger partial charge on any atom is -0.345 e. The molecule has 29 heavy (non-hydrogen) atoms. The zero-order chi connectivity index (χ0) is 21.8. The van der Waals surface area contributed by atoms with Crippen LogP contribution in [0.25, 0.3) is 0 Å². The highest BCUT2D eigenvalue weighted by Gasteiger charge is 2.45. The molecule has 1 fully saturated rings. The molecular formula is C21H28ClFN4O2. The van der Waals surface area contributed by atoms with Gasteiger partial charge in [0.1, 0.15) is 5.82 Å². The summed E-state index contributed by atoms with van der Waals surface area (Å²) in [4.78, 5) is 27.0. The molecule has 0 spiro atoms. The van der Waals surface area contributed by atoms with Crippen molar-refractivity contribution in [2.45, 2.75) is 70.5 Å². The van der Waals surface area contributed by atoms with E-state index < -0.39 is 17.6 Å². The van der Waals surface area contributed by atoms with E-state index in [-0.39, 0.29) is 27.8 Å². The summed E-state index contributed by atoms with van der Waals surface area (Å²) in [6.45, 7) is 9.23. The monoisotopic (exact) mass is 422 g/mol. The first kappa shape index (κ1) is 23.1. The molecule has 1 aromatic carbocycles. The Balaban J connectivity index is 2.00. The Kier molecular flexibility index (Phi) is 7.25. The van der Waals surface area contributed by atoms with E-state index in [9.17, 15) is 14.0 Å². The van der Waals surface area contributed by atoms with Crippen LogP contribution in [-0.2, 0) is 9.59 Å². The molecule has 2 rings (SSSR count). The number of nitrogens with zero attached hydrogens (tertiary/aromatic N) is 2. The van der Waals surface area contributed by atoms with Gasteiger partial charge in [0.2, 0.25) is 0 Å². The molecular weight excluding hydrogens is 395 g/mol. The average Bonchev–Trinajstić information content (AvgIpc) is 2.59. The van der Waals surface area contributed by atoms with Crippen LogP contribution in [0.4, 0.5) is 10.1 Å². The Morgan fingerprint density at radius 2 is 1.86 bits per heavy atom. The maximum Gasteiger partial charge on any atom is 0.313 e. The van der Waals surface area contributed by atoms with Gasteiger partial charge in [-0.25, -0.2) is 4.39 Å². The quantitative estimate of drug-likeness (QED) is 0.557. The lowest BCUT2D eigenvalue weighted by atomic mass is 9.76. The van der Waals surface area contributed by atoms with Crippen molar-refractivity contribution >= 4 is 29.1 Å². The lowest BCUT2D eigenvalue weighted by Gasteiger charge is -2.55. The van der Waals surface area contributed by atoms with Crippen molar-refractivity contribution < 1.29 is 14.0 Å². The van der Waals surface area contributed by atoms with E-state index in [2.05, 4.69) is 49.3 Å². The van der Waals surface area contributed by atoms with Gasteiger partial charge in [-0.05, 0) is 65.2 Å². The Labute approximate surface area is 176 Å². The van der Waals surface area contributed by atoms with Crippen LogP contribution < -0.4 is 10.6 Å². The van der Waals surface area contributed by atoms with E-state index in [1.54, 1.807) is 0 Å². The highest BCUT2D eigenvalue weighted by Crippen LogP contribution is 2.38. The van der Waals surface area contributed by atoms with Crippen molar-refractivity contribution in [2.24, 2.45) is 0 Å². The van der Waals surface area contributed by atoms with Gasteiger partial charge in [0.25, 0.3) is 0 Å². The molecule has 8 heteroatoms. The van der Waals surface area contributed by atoms with Crippen molar-refractivity contribution in [1.29, 1.82) is 5.26 Å². The van der Waals surface area contributed by atoms with E-state index >= 15 is 0 Å². The number of nitriles is 1. The normalized spacial score (nSPS) is 18.7. The molecule has 2 N–H and O–H groups in total. The second-order valence-electron chi connectivity index (χ2n) is 8.70. The third kappa shape index (κ3) is 5.91. The predicted octanol–water partition coefficient (Wildman–Crippen LogP) is 3.86. The zero-order valence-electron chi connectivity index (χ0n) is 17.3. The highest BCUT2D eigenvalue weighted by molar-refractivity contribution is 6.39. The average molecular weight is 423 g/mol. The SMILES string of the molecule is CC1(C)CC(NC(=O)C(=O)Nc2ccc(Cl)c(F)c2)CC(C)(C)N1CCCC#N. The van der Waals surface area contributed by atoms with Crippen molar-refractivity contribution in [1.82, 2.24) is 10.2 Å². The van der Waals surface area contributed by atoms with Crippen LogP contribution >= 0.6 is 11.6 Å². The Hall–Kier alpha value is -2.17. The summed E-state index contributed by atoms with van der Waals surface area (Å²) in [5, 5.41) is 14.0. The third-order valence-corrected chi connectivity index (χ3v) is 5.65. The molecule has 0 unspecified atom stereocenters. The summed E-state index contributed by atoms with van der Waals surface area (Å²) >= 11 is 5.63. The summed E-state index contributed by atoms with van der Waals surface area (Å²) in [6.07, 6.45) is 2.66. The fourth-order valence-electron chi connectivity index (χ4n) is 4.35. The van der Waals surface area contributed by atoms with Gasteiger partial charge in [-0.2, -0.15) is 5.26 Å². The number of benzene rings is 1. The molecule has 6 nitrogen and oxygen atoms in total. The molecule has 0 aromatic heterocycles. The molecule has 0 radical (unpaired) electrons. The number of likely N-dealkylation sites (tertiary alicyclic amines) is 1. The molecule has 1 aliphatic rings. The number of unbranched alkanes of at least 4 members (excludes halogenated alkanes) is 1. The topological polar surface area (TPSA) is 85.2 Å². The first-order valence-electron chi connectivity index (χ1n) is 9.68.